The van der Waals surface area contributed by atoms with E-state index in [4.69, 9.17) is 15.2 Å². The molecule has 2 saturated heterocycles. The summed E-state index contributed by atoms with van der Waals surface area (Å²) in [7, 11) is 3.20. The Bertz CT molecular complexity index is 2110. The summed E-state index contributed by atoms with van der Waals surface area (Å²) in [5.41, 5.74) is 10.8. The number of piperidine rings is 2. The third kappa shape index (κ3) is 9.85. The van der Waals surface area contributed by atoms with Crippen molar-refractivity contribution in [1.82, 2.24) is 34.2 Å². The van der Waals surface area contributed by atoms with E-state index in [9.17, 15) is 14.0 Å². The summed E-state index contributed by atoms with van der Waals surface area (Å²) in [5, 5.41) is 3.55. The number of ether oxygens (including phenoxy) is 2. The van der Waals surface area contributed by atoms with Crippen LogP contribution in [0.25, 0.3) is 22.1 Å². The number of fused-ring (bicyclic) bond motifs is 2. The molecule has 282 valence electrons. The van der Waals surface area contributed by atoms with Gasteiger partial charge in [0.25, 0.3) is 11.1 Å². The number of hydrogen-bond donors (Lipinski definition) is 2. The van der Waals surface area contributed by atoms with Gasteiger partial charge in [0.15, 0.2) is 0 Å². The number of rotatable bonds is 11. The highest BCUT2D eigenvalue weighted by Gasteiger charge is 2.20. The molecule has 53 heavy (non-hydrogen) atoms. The number of halogens is 1. The molecule has 0 aliphatic carbocycles. The van der Waals surface area contributed by atoms with Crippen LogP contribution in [0.4, 0.5) is 4.39 Å². The number of nitrogens with one attached hydrogen (secondary N) is 1. The van der Waals surface area contributed by atoms with Crippen LogP contribution in [0.2, 0.25) is 0 Å². The van der Waals surface area contributed by atoms with E-state index in [1.54, 1.807) is 73.0 Å². The van der Waals surface area contributed by atoms with Crippen molar-refractivity contribution in [2.24, 2.45) is 5.73 Å². The van der Waals surface area contributed by atoms with Gasteiger partial charge in [-0.05, 0) is 88.1 Å². The summed E-state index contributed by atoms with van der Waals surface area (Å²) >= 11 is 0. The van der Waals surface area contributed by atoms with E-state index in [2.05, 4.69) is 25.1 Å². The summed E-state index contributed by atoms with van der Waals surface area (Å²) in [6, 6.07) is 16.6. The molecule has 4 aromatic heterocycles. The molecule has 0 atom stereocenters. The number of pyridine rings is 4. The molecule has 3 N–H and O–H groups in total. The molecule has 2 aliphatic heterocycles. The molecule has 0 radical (unpaired) electrons. The Kier molecular flexibility index (Phi) is 12.8. The maximum Gasteiger partial charge on any atom is 0.251 e. The second-order valence-corrected chi connectivity index (χ2v) is 14.0. The van der Waals surface area contributed by atoms with Crippen molar-refractivity contribution < 1.29 is 13.9 Å². The van der Waals surface area contributed by atoms with Crippen molar-refractivity contribution in [2.45, 2.75) is 64.3 Å². The summed E-state index contributed by atoms with van der Waals surface area (Å²) in [6.07, 6.45) is 7.46. The molecule has 0 saturated carbocycles. The van der Waals surface area contributed by atoms with E-state index in [-0.39, 0.29) is 16.9 Å². The van der Waals surface area contributed by atoms with E-state index in [1.807, 2.05) is 24.3 Å². The maximum absolute atomic E-state index is 13.7. The van der Waals surface area contributed by atoms with Gasteiger partial charge in [-0.2, -0.15) is 0 Å². The van der Waals surface area contributed by atoms with Gasteiger partial charge in [0, 0.05) is 69.1 Å². The zero-order valence-corrected chi connectivity index (χ0v) is 31.0. The topological polar surface area (TPSA) is 133 Å². The molecular weight excluding hydrogens is 675 g/mol. The fraction of sp³-hybridized carbons (Fsp3) is 0.450. The Labute approximate surface area is 309 Å². The minimum Gasteiger partial charge on any atom is -0.495 e. The lowest BCUT2D eigenvalue weighted by Crippen LogP contribution is -2.43. The molecule has 2 fully saturated rings. The predicted octanol–water partition coefficient (Wildman–Crippen LogP) is 3.94. The smallest absolute Gasteiger partial charge is 0.251 e. The highest BCUT2D eigenvalue weighted by Crippen LogP contribution is 2.19. The van der Waals surface area contributed by atoms with Gasteiger partial charge in [-0.15, -0.1) is 0 Å². The first-order chi connectivity index (χ1) is 25.7. The molecule has 7 rings (SSSR count). The van der Waals surface area contributed by atoms with E-state index in [1.165, 1.54) is 0 Å². The number of likely N-dealkylation sites (tertiary alicyclic amines) is 2. The summed E-state index contributed by atoms with van der Waals surface area (Å²) in [4.78, 5) is 38.2. The Morgan fingerprint density at radius 3 is 1.74 bits per heavy atom. The molecule has 5 aromatic rings. The van der Waals surface area contributed by atoms with Gasteiger partial charge in [0.2, 0.25) is 0 Å². The van der Waals surface area contributed by atoms with E-state index < -0.39 is 0 Å². The van der Waals surface area contributed by atoms with Crippen LogP contribution in [-0.2, 0) is 19.6 Å². The zero-order valence-electron chi connectivity index (χ0n) is 31.0. The number of nitrogens with zero attached hydrogens (tertiary/aromatic N) is 6. The second kappa shape index (κ2) is 17.9. The highest BCUT2D eigenvalue weighted by molar-refractivity contribution is 5.76. The average molecular weight is 727 g/mol. The van der Waals surface area contributed by atoms with E-state index >= 15 is 0 Å². The molecule has 13 heteroatoms. The van der Waals surface area contributed by atoms with Gasteiger partial charge in [-0.3, -0.25) is 19.6 Å². The molecular formula is C40H51FN8O4. The van der Waals surface area contributed by atoms with Crippen molar-refractivity contribution in [1.29, 1.82) is 0 Å². The van der Waals surface area contributed by atoms with Crippen molar-refractivity contribution in [3.05, 3.63) is 105 Å². The van der Waals surface area contributed by atoms with Crippen molar-refractivity contribution in [3.8, 4) is 11.5 Å². The number of benzene rings is 1. The third-order valence-corrected chi connectivity index (χ3v) is 10.4. The first-order valence-corrected chi connectivity index (χ1v) is 18.5. The Balaban J connectivity index is 0.000000192. The van der Waals surface area contributed by atoms with Crippen molar-refractivity contribution in [3.63, 3.8) is 0 Å². The maximum atomic E-state index is 13.7. The number of aromatic nitrogens is 4. The number of aryl methyl sites for hydroxylation is 1. The van der Waals surface area contributed by atoms with Gasteiger partial charge < -0.3 is 39.5 Å². The number of methoxy groups -OCH3 is 2. The lowest BCUT2D eigenvalue weighted by molar-refractivity contribution is 0.191. The number of hydrogen-bond acceptors (Lipinski definition) is 10. The lowest BCUT2D eigenvalue weighted by Gasteiger charge is -2.32. The van der Waals surface area contributed by atoms with Gasteiger partial charge in [0.1, 0.15) is 17.3 Å². The lowest BCUT2D eigenvalue weighted by atomic mass is 10.0. The van der Waals surface area contributed by atoms with Crippen LogP contribution >= 0.6 is 0 Å². The monoisotopic (exact) mass is 726 g/mol. The Hall–Kier alpha value is -4.69. The van der Waals surface area contributed by atoms with E-state index in [0.29, 0.717) is 48.8 Å². The summed E-state index contributed by atoms with van der Waals surface area (Å²) in [6.45, 7) is 9.34. The molecule has 0 amide bonds. The minimum absolute atomic E-state index is 0.00346. The largest absolute Gasteiger partial charge is 0.495 e. The van der Waals surface area contributed by atoms with Crippen LogP contribution in [-0.4, -0.2) is 94.5 Å². The molecule has 2 aliphatic rings. The van der Waals surface area contributed by atoms with Gasteiger partial charge in [-0.25, -0.2) is 4.39 Å². The quantitative estimate of drug-likeness (QED) is 0.206. The fourth-order valence-corrected chi connectivity index (χ4v) is 7.01. The first kappa shape index (κ1) is 38.0. The summed E-state index contributed by atoms with van der Waals surface area (Å²) < 4.78 is 27.8. The van der Waals surface area contributed by atoms with Crippen LogP contribution in [0.15, 0.2) is 76.6 Å². The Morgan fingerprint density at radius 1 is 0.736 bits per heavy atom. The van der Waals surface area contributed by atoms with Gasteiger partial charge in [-0.1, -0.05) is 12.1 Å². The van der Waals surface area contributed by atoms with Gasteiger partial charge in [0.05, 0.1) is 48.7 Å². The zero-order chi connectivity index (χ0) is 37.3. The average Bonchev–Trinajstić information content (AvgIpc) is 3.18. The normalized spacial score (nSPS) is 16.1. The SMILES string of the molecule is COc1cnc2ccc(=O)n(CCN3CCC(N)CC3)c2c1.COc1cnc2ccc(=O)n(CCN3CCC(NCc4ccc(C)c(F)c4)CC3)c2c1. The molecule has 6 heterocycles. The fourth-order valence-electron chi connectivity index (χ4n) is 7.01. The van der Waals surface area contributed by atoms with Crippen LogP contribution in [0, 0.1) is 12.7 Å². The second-order valence-electron chi connectivity index (χ2n) is 14.0. The molecule has 0 unspecified atom stereocenters. The predicted molar refractivity (Wildman–Crippen MR) is 206 cm³/mol. The first-order valence-electron chi connectivity index (χ1n) is 18.5. The minimum atomic E-state index is -0.148. The van der Waals surface area contributed by atoms with E-state index in [0.717, 1.165) is 92.6 Å². The van der Waals surface area contributed by atoms with Crippen LogP contribution in [0.5, 0.6) is 11.5 Å². The van der Waals surface area contributed by atoms with Gasteiger partial charge >= 0.3 is 0 Å². The van der Waals surface area contributed by atoms with Crippen LogP contribution in [0.3, 0.4) is 0 Å². The molecule has 0 spiro atoms. The standard InChI is InChI=1S/C24H29FN4O2.C16H22N4O2/c1-17-3-4-18(13-21(17)25)15-26-19-7-9-28(10-8-19)11-12-29-23-14-20(31-2)16-27-22(23)5-6-24(29)30;1-22-13-10-15-14(18-11-13)2-3-16(21)20(15)9-8-19-6-4-12(17)5-7-19/h3-6,13-14,16,19,26H,7-12,15H2,1-2H3;2-3,10-12H,4-9,17H2,1H3. The summed E-state index contributed by atoms with van der Waals surface area (Å²) in [5.74, 6) is 1.16. The van der Waals surface area contributed by atoms with Crippen molar-refractivity contribution >= 4 is 22.1 Å². The van der Waals surface area contributed by atoms with Crippen molar-refractivity contribution in [2.75, 3.05) is 53.5 Å². The molecule has 1 aromatic carbocycles. The third-order valence-electron chi connectivity index (χ3n) is 10.4. The highest BCUT2D eigenvalue weighted by atomic mass is 19.1. The van der Waals surface area contributed by atoms with Crippen LogP contribution < -0.4 is 31.6 Å². The van der Waals surface area contributed by atoms with Crippen LogP contribution in [0.1, 0.15) is 36.8 Å². The molecule has 12 nitrogen and oxygen atoms in total. The number of nitrogens with two attached hydrogens (primary N) is 1. The Morgan fingerprint density at radius 2 is 1.25 bits per heavy atom. The molecule has 0 bridgehead atoms.